The Morgan fingerprint density at radius 3 is 3.00 bits per heavy atom. The highest BCUT2D eigenvalue weighted by atomic mass is 32.2. The Morgan fingerprint density at radius 2 is 2.50 bits per heavy atom. The molecule has 1 aliphatic heterocycles. The molecule has 0 saturated carbocycles. The van der Waals surface area contributed by atoms with Crippen molar-refractivity contribution in [2.75, 3.05) is 18.1 Å². The molecule has 60 valence electrons. The number of hydrogen-bond acceptors (Lipinski definition) is 3. The average Bonchev–Trinajstić information content (AvgIpc) is 2.05. The minimum Gasteiger partial charge on any atom is -0.391 e. The normalized spacial score (nSPS) is 30.0. The first-order valence-corrected chi connectivity index (χ1v) is 4.96. The van der Waals surface area contributed by atoms with Gasteiger partial charge in [-0.05, 0) is 30.3 Å². The summed E-state index contributed by atoms with van der Waals surface area (Å²) in [6.45, 7) is 0.422. The molecule has 0 spiro atoms. The van der Waals surface area contributed by atoms with Gasteiger partial charge in [-0.15, -0.1) is 0 Å². The molecule has 3 heteroatoms. The first kappa shape index (κ1) is 8.37. The molecular formula is C7H15NOS. The van der Waals surface area contributed by atoms with Crippen LogP contribution in [-0.4, -0.2) is 29.3 Å². The molecule has 0 aromatic rings. The molecule has 1 fully saturated rings. The van der Waals surface area contributed by atoms with Crippen LogP contribution in [0.25, 0.3) is 0 Å². The SMILES string of the molecule is NC[C@H](O)C1CCCSC1. The van der Waals surface area contributed by atoms with Crippen LogP contribution in [0.1, 0.15) is 12.8 Å². The van der Waals surface area contributed by atoms with Gasteiger partial charge in [0.2, 0.25) is 0 Å². The summed E-state index contributed by atoms with van der Waals surface area (Å²) in [6, 6.07) is 0. The smallest absolute Gasteiger partial charge is 0.0698 e. The zero-order valence-corrected chi connectivity index (χ0v) is 6.94. The predicted molar refractivity (Wildman–Crippen MR) is 45.1 cm³/mol. The number of thioether (sulfide) groups is 1. The first-order chi connectivity index (χ1) is 4.84. The Morgan fingerprint density at radius 1 is 1.70 bits per heavy atom. The van der Waals surface area contributed by atoms with Crippen molar-refractivity contribution in [3.8, 4) is 0 Å². The van der Waals surface area contributed by atoms with Crippen molar-refractivity contribution in [2.45, 2.75) is 18.9 Å². The molecular weight excluding hydrogens is 146 g/mol. The topological polar surface area (TPSA) is 46.2 Å². The van der Waals surface area contributed by atoms with E-state index in [2.05, 4.69) is 0 Å². The van der Waals surface area contributed by atoms with Gasteiger partial charge >= 0.3 is 0 Å². The largest absolute Gasteiger partial charge is 0.391 e. The molecule has 1 unspecified atom stereocenters. The number of hydrogen-bond donors (Lipinski definition) is 2. The van der Waals surface area contributed by atoms with E-state index in [1.807, 2.05) is 11.8 Å². The zero-order valence-electron chi connectivity index (χ0n) is 6.12. The second-order valence-electron chi connectivity index (χ2n) is 2.78. The van der Waals surface area contributed by atoms with Crippen molar-refractivity contribution in [1.29, 1.82) is 0 Å². The fourth-order valence-electron chi connectivity index (χ4n) is 1.26. The van der Waals surface area contributed by atoms with E-state index in [4.69, 9.17) is 5.73 Å². The Hall–Kier alpha value is 0.270. The summed E-state index contributed by atoms with van der Waals surface area (Å²) in [5.41, 5.74) is 5.34. The summed E-state index contributed by atoms with van der Waals surface area (Å²) in [5.74, 6) is 2.82. The van der Waals surface area contributed by atoms with Crippen molar-refractivity contribution in [3.05, 3.63) is 0 Å². The molecule has 0 aromatic heterocycles. The number of nitrogens with two attached hydrogens (primary N) is 1. The molecule has 0 radical (unpaired) electrons. The Bertz CT molecular complexity index is 93.6. The van der Waals surface area contributed by atoms with Gasteiger partial charge in [0.15, 0.2) is 0 Å². The van der Waals surface area contributed by atoms with Crippen molar-refractivity contribution in [2.24, 2.45) is 11.7 Å². The lowest BCUT2D eigenvalue weighted by molar-refractivity contribution is 0.120. The maximum absolute atomic E-state index is 9.34. The molecule has 2 atom stereocenters. The van der Waals surface area contributed by atoms with Gasteiger partial charge in [-0.2, -0.15) is 11.8 Å². The fourth-order valence-corrected chi connectivity index (χ4v) is 2.49. The second kappa shape index (κ2) is 4.21. The van der Waals surface area contributed by atoms with E-state index in [9.17, 15) is 5.11 Å². The molecule has 1 aliphatic rings. The summed E-state index contributed by atoms with van der Waals surface area (Å²) in [7, 11) is 0. The zero-order chi connectivity index (χ0) is 7.40. The van der Waals surface area contributed by atoms with Crippen molar-refractivity contribution in [3.63, 3.8) is 0 Å². The molecule has 1 heterocycles. The molecule has 0 aromatic carbocycles. The second-order valence-corrected chi connectivity index (χ2v) is 3.93. The van der Waals surface area contributed by atoms with Gasteiger partial charge in [0.05, 0.1) is 6.10 Å². The van der Waals surface area contributed by atoms with Crippen molar-refractivity contribution in [1.82, 2.24) is 0 Å². The third-order valence-electron chi connectivity index (χ3n) is 1.98. The van der Waals surface area contributed by atoms with Gasteiger partial charge in [0, 0.05) is 6.54 Å². The summed E-state index contributed by atoms with van der Waals surface area (Å²) in [4.78, 5) is 0. The van der Waals surface area contributed by atoms with Crippen molar-refractivity contribution >= 4 is 11.8 Å². The van der Waals surface area contributed by atoms with Crippen LogP contribution in [0.2, 0.25) is 0 Å². The van der Waals surface area contributed by atoms with Crippen LogP contribution >= 0.6 is 11.8 Å². The van der Waals surface area contributed by atoms with Crippen LogP contribution in [-0.2, 0) is 0 Å². The molecule has 0 bridgehead atoms. The van der Waals surface area contributed by atoms with Gasteiger partial charge in [-0.3, -0.25) is 0 Å². The van der Waals surface area contributed by atoms with Gasteiger partial charge < -0.3 is 10.8 Å². The molecule has 2 nitrogen and oxygen atoms in total. The summed E-state index contributed by atoms with van der Waals surface area (Å²) in [6.07, 6.45) is 2.14. The van der Waals surface area contributed by atoms with E-state index in [-0.39, 0.29) is 6.10 Å². The van der Waals surface area contributed by atoms with E-state index in [1.165, 1.54) is 12.2 Å². The molecule has 0 amide bonds. The van der Waals surface area contributed by atoms with Gasteiger partial charge in [0.25, 0.3) is 0 Å². The lowest BCUT2D eigenvalue weighted by Gasteiger charge is -2.24. The lowest BCUT2D eigenvalue weighted by atomic mass is 9.99. The molecule has 3 N–H and O–H groups in total. The van der Waals surface area contributed by atoms with Crippen LogP contribution in [0.5, 0.6) is 0 Å². The van der Waals surface area contributed by atoms with Crippen LogP contribution in [0.15, 0.2) is 0 Å². The highest BCUT2D eigenvalue weighted by Gasteiger charge is 2.20. The number of rotatable bonds is 2. The maximum atomic E-state index is 9.34. The van der Waals surface area contributed by atoms with Crippen molar-refractivity contribution < 1.29 is 5.11 Å². The Balaban J connectivity index is 2.24. The summed E-state index contributed by atoms with van der Waals surface area (Å²) in [5, 5.41) is 9.34. The third kappa shape index (κ3) is 2.15. The highest BCUT2D eigenvalue weighted by Crippen LogP contribution is 2.24. The van der Waals surface area contributed by atoms with E-state index < -0.39 is 0 Å². The standard InChI is InChI=1S/C7H15NOS/c8-4-7(9)6-2-1-3-10-5-6/h6-7,9H,1-5,8H2/t6?,7-/m0/s1. The average molecular weight is 161 g/mol. The van der Waals surface area contributed by atoms with Crippen LogP contribution in [0.3, 0.4) is 0 Å². The van der Waals surface area contributed by atoms with Crippen LogP contribution in [0, 0.1) is 5.92 Å². The maximum Gasteiger partial charge on any atom is 0.0698 e. The van der Waals surface area contributed by atoms with E-state index in [0.29, 0.717) is 12.5 Å². The summed E-state index contributed by atoms with van der Waals surface area (Å²) >= 11 is 1.93. The van der Waals surface area contributed by atoms with Gasteiger partial charge in [0.1, 0.15) is 0 Å². The minimum absolute atomic E-state index is 0.257. The van der Waals surface area contributed by atoms with Gasteiger partial charge in [-0.1, -0.05) is 0 Å². The molecule has 0 aliphatic carbocycles. The molecule has 1 rings (SSSR count). The monoisotopic (exact) mass is 161 g/mol. The quantitative estimate of drug-likeness (QED) is 0.618. The van der Waals surface area contributed by atoms with Crippen LogP contribution in [0.4, 0.5) is 0 Å². The Labute approximate surface area is 66.2 Å². The fraction of sp³-hybridized carbons (Fsp3) is 1.00. The van der Waals surface area contributed by atoms with Gasteiger partial charge in [-0.25, -0.2) is 0 Å². The number of aliphatic hydroxyl groups excluding tert-OH is 1. The first-order valence-electron chi connectivity index (χ1n) is 3.80. The molecule has 10 heavy (non-hydrogen) atoms. The number of aliphatic hydroxyl groups is 1. The van der Waals surface area contributed by atoms with E-state index in [1.54, 1.807) is 0 Å². The Kier molecular flexibility index (Phi) is 3.52. The van der Waals surface area contributed by atoms with Crippen LogP contribution < -0.4 is 5.73 Å². The molecule has 1 saturated heterocycles. The van der Waals surface area contributed by atoms with E-state index in [0.717, 1.165) is 12.2 Å². The highest BCUT2D eigenvalue weighted by molar-refractivity contribution is 7.99. The summed E-state index contributed by atoms with van der Waals surface area (Å²) < 4.78 is 0. The predicted octanol–water partition coefficient (Wildman–Crippen LogP) is 0.449. The lowest BCUT2D eigenvalue weighted by Crippen LogP contribution is -2.32. The third-order valence-corrected chi connectivity index (χ3v) is 3.22. The minimum atomic E-state index is -0.257. The van der Waals surface area contributed by atoms with E-state index >= 15 is 0 Å².